The minimum absolute atomic E-state index is 0.522. The van der Waals surface area contributed by atoms with Gasteiger partial charge in [-0.05, 0) is 48.5 Å². The van der Waals surface area contributed by atoms with Gasteiger partial charge in [0.05, 0.1) is 0 Å². The van der Waals surface area contributed by atoms with Crippen LogP contribution in [0, 0.1) is 128 Å². The van der Waals surface area contributed by atoms with Crippen molar-refractivity contribution in [3.8, 4) is 0 Å². The predicted molar refractivity (Wildman–Crippen MR) is 244 cm³/mol. The summed E-state index contributed by atoms with van der Waals surface area (Å²) in [4.78, 5) is -2.23. The summed E-state index contributed by atoms with van der Waals surface area (Å²) in [5.74, 6) is -62.7. The number of benzene rings is 9. The molecule has 0 saturated heterocycles. The van der Waals surface area contributed by atoms with Crippen molar-refractivity contribution in [2.24, 2.45) is 0 Å². The van der Waals surface area contributed by atoms with Gasteiger partial charge in [-0.15, -0.1) is 0 Å². The predicted octanol–water partition coefficient (Wildman–Crippen LogP) is 18.6. The van der Waals surface area contributed by atoms with E-state index in [4.69, 9.17) is 0 Å². The topological polar surface area (TPSA) is 13.0 Å². The lowest BCUT2D eigenvalue weighted by molar-refractivity contribution is 0.380. The molecule has 0 radical (unpaired) electrons. The smallest absolute Gasteiger partial charge is 0.200 e. The molecule has 0 heterocycles. The highest BCUT2D eigenvalue weighted by molar-refractivity contribution is 5.87. The molecule has 0 saturated carbocycles. The maximum atomic E-state index is 17.1. The third kappa shape index (κ3) is 8.64. The molecule has 0 amide bonds. The lowest BCUT2D eigenvalue weighted by Crippen LogP contribution is -2.25. The molecular weight excluding hydrogens is 1120 g/mol. The minimum atomic E-state index is -2.94. The van der Waals surface area contributed by atoms with Crippen molar-refractivity contribution in [3.63, 3.8) is 0 Å². The van der Waals surface area contributed by atoms with Crippen LogP contribution in [0.4, 0.5) is 165 Å². The Hall–Kier alpha value is -9.36. The average Bonchev–Trinajstić information content (AvgIpc) is 3.60. The number of nitrogens with zero attached hydrogens (tertiary/aromatic N) is 4. The summed E-state index contributed by atoms with van der Waals surface area (Å²) >= 11 is 0. The summed E-state index contributed by atoms with van der Waals surface area (Å²) in [6, 6.07) is 17.0. The minimum Gasteiger partial charge on any atom is -0.300 e. The Morgan fingerprint density at radius 1 is 0.138 bits per heavy atom. The second-order valence-corrected chi connectivity index (χ2v) is 16.4. The highest BCUT2D eigenvalue weighted by Gasteiger charge is 2.44. The lowest BCUT2D eigenvalue weighted by Gasteiger charge is -2.32. The highest BCUT2D eigenvalue weighted by Crippen LogP contribution is 2.53. The third-order valence-electron chi connectivity index (χ3n) is 11.9. The van der Waals surface area contributed by atoms with Crippen molar-refractivity contribution in [1.29, 1.82) is 0 Å². The van der Waals surface area contributed by atoms with E-state index < -0.39 is 216 Å². The van der Waals surface area contributed by atoms with Crippen LogP contribution in [0.25, 0.3) is 0 Å². The van der Waals surface area contributed by atoms with Crippen LogP contribution in [0.2, 0.25) is 0 Å². The lowest BCUT2D eigenvalue weighted by atomic mass is 10.1. The first-order valence-corrected chi connectivity index (χ1v) is 22.0. The van der Waals surface area contributed by atoms with Gasteiger partial charge in [-0.25, -0.2) is 96.6 Å². The normalized spacial score (nSPS) is 11.4. The van der Waals surface area contributed by atoms with Gasteiger partial charge in [-0.1, -0.05) is 72.8 Å². The van der Waals surface area contributed by atoms with Gasteiger partial charge < -0.3 is 0 Å². The molecule has 0 aromatic heterocycles. The maximum absolute atomic E-state index is 17.1. The van der Waals surface area contributed by atoms with Crippen molar-refractivity contribution >= 4 is 68.2 Å². The van der Waals surface area contributed by atoms with E-state index in [-0.39, 0.29) is 0 Å². The molecule has 410 valence electrons. The Bertz CT molecular complexity index is 3550. The molecule has 0 bridgehead atoms. The van der Waals surface area contributed by atoms with E-state index in [1.54, 1.807) is 0 Å². The molecule has 0 N–H and O–H groups in total. The van der Waals surface area contributed by atoms with E-state index in [1.165, 1.54) is 0 Å². The number of rotatable bonds is 12. The molecule has 4 nitrogen and oxygen atoms in total. The molecule has 80 heavy (non-hydrogen) atoms. The van der Waals surface area contributed by atoms with E-state index in [9.17, 15) is 26.3 Å². The standard InChI is InChI=1S/C54H20F22N4/c55-25-27(57)31(61)47(32(62)28(25)58)77(21-13-5-1-6-14-21)49-35(65)39(69)51(40(70)36(49)66)79(23-17-9-3-10-18-23)53-43(73)45(75)54(46(76)44(53)74)80(24-19-11-4-12-20-24)52-41(71)37(67)50(38(68)42(52)72)78(22-15-7-2-8-16-22)48-33(63)29(59)26(56)30(60)34(48)64/h1-20H. The van der Waals surface area contributed by atoms with E-state index in [2.05, 4.69) is 0 Å². The Morgan fingerprint density at radius 3 is 0.362 bits per heavy atom. The number of halogens is 22. The van der Waals surface area contributed by atoms with Gasteiger partial charge in [0.15, 0.2) is 116 Å². The van der Waals surface area contributed by atoms with Crippen LogP contribution in [0.15, 0.2) is 121 Å². The molecular formula is C54H20F22N4. The zero-order valence-corrected chi connectivity index (χ0v) is 38.7. The number of anilines is 12. The highest BCUT2D eigenvalue weighted by atomic mass is 19.2. The second-order valence-electron chi connectivity index (χ2n) is 16.4. The Labute approximate surface area is 433 Å². The average molecular weight is 1140 g/mol. The zero-order valence-electron chi connectivity index (χ0n) is 38.7. The van der Waals surface area contributed by atoms with Gasteiger partial charge in [-0.3, -0.25) is 19.6 Å². The van der Waals surface area contributed by atoms with Gasteiger partial charge >= 0.3 is 0 Å². The summed E-state index contributed by atoms with van der Waals surface area (Å²) in [6.45, 7) is 0. The maximum Gasteiger partial charge on any atom is 0.200 e. The van der Waals surface area contributed by atoms with Crippen LogP contribution in [-0.2, 0) is 0 Å². The molecule has 26 heteroatoms. The summed E-state index contributed by atoms with van der Waals surface area (Å²) < 4.78 is 352. The van der Waals surface area contributed by atoms with E-state index in [0.717, 1.165) is 72.8 Å². The Morgan fingerprint density at radius 2 is 0.237 bits per heavy atom. The van der Waals surface area contributed by atoms with Crippen LogP contribution >= 0.6 is 0 Å². The molecule has 0 aliphatic carbocycles. The van der Waals surface area contributed by atoms with Crippen LogP contribution in [0.3, 0.4) is 0 Å². The van der Waals surface area contributed by atoms with Crippen LogP contribution in [-0.4, -0.2) is 0 Å². The summed E-state index contributed by atoms with van der Waals surface area (Å²) in [7, 11) is 0. The molecule has 9 aromatic carbocycles. The second kappa shape index (κ2) is 21.1. The van der Waals surface area contributed by atoms with Crippen molar-refractivity contribution in [2.45, 2.75) is 0 Å². The fourth-order valence-corrected chi connectivity index (χ4v) is 8.37. The zero-order chi connectivity index (χ0) is 58.1. The largest absolute Gasteiger partial charge is 0.300 e. The fraction of sp³-hybridized carbons (Fsp3) is 0. The molecule has 0 fully saturated rings. The summed E-state index contributed by atoms with van der Waals surface area (Å²) in [6.07, 6.45) is 0. The van der Waals surface area contributed by atoms with E-state index >= 15 is 70.2 Å². The van der Waals surface area contributed by atoms with Crippen LogP contribution in [0.5, 0.6) is 0 Å². The Balaban J connectivity index is 1.30. The molecule has 0 unspecified atom stereocenters. The first-order chi connectivity index (χ1) is 38.0. The van der Waals surface area contributed by atoms with Crippen LogP contribution < -0.4 is 19.6 Å². The number of hydrogen-bond donors (Lipinski definition) is 0. The van der Waals surface area contributed by atoms with Crippen molar-refractivity contribution in [2.75, 3.05) is 19.6 Å². The van der Waals surface area contributed by atoms with Crippen molar-refractivity contribution < 1.29 is 96.6 Å². The number of hydrogen-bond acceptors (Lipinski definition) is 4. The third-order valence-corrected chi connectivity index (χ3v) is 11.9. The van der Waals surface area contributed by atoms with Gasteiger partial charge in [0, 0.05) is 22.7 Å². The number of para-hydroxylation sites is 4. The summed E-state index contributed by atoms with van der Waals surface area (Å²) in [5, 5.41) is 0. The van der Waals surface area contributed by atoms with Crippen molar-refractivity contribution in [3.05, 3.63) is 249 Å². The van der Waals surface area contributed by atoms with Gasteiger partial charge in [-0.2, -0.15) is 0 Å². The van der Waals surface area contributed by atoms with Crippen molar-refractivity contribution in [1.82, 2.24) is 0 Å². The molecule has 0 spiro atoms. The van der Waals surface area contributed by atoms with Gasteiger partial charge in [0.25, 0.3) is 0 Å². The summed E-state index contributed by atoms with van der Waals surface area (Å²) in [5.41, 5.74) is -23.0. The SMILES string of the molecule is Fc1c(F)c(F)c(N(c2ccccc2)c2c(F)c(F)c(N(c3ccccc3)c3c(F)c(F)c(N(c4ccccc4)c4c(F)c(F)c(N(c5ccccc5)c5c(F)c(F)c(F)c(F)c5F)c(F)c4F)c(F)c3F)c(F)c2F)c(F)c1F. The quantitative estimate of drug-likeness (QED) is 0.0687. The molecule has 0 aliphatic heterocycles. The molecule has 0 aliphatic rings. The monoisotopic (exact) mass is 1140 g/mol. The Kier molecular flexibility index (Phi) is 14.6. The van der Waals surface area contributed by atoms with Crippen LogP contribution in [0.1, 0.15) is 0 Å². The van der Waals surface area contributed by atoms with E-state index in [1.807, 2.05) is 0 Å². The first-order valence-electron chi connectivity index (χ1n) is 22.0. The van der Waals surface area contributed by atoms with Gasteiger partial charge in [0.1, 0.15) is 45.5 Å². The van der Waals surface area contributed by atoms with E-state index in [0.29, 0.717) is 48.5 Å². The molecule has 9 aromatic rings. The molecule has 0 atom stereocenters. The fourth-order valence-electron chi connectivity index (χ4n) is 8.37. The van der Waals surface area contributed by atoms with Gasteiger partial charge in [0.2, 0.25) is 11.6 Å². The molecule has 9 rings (SSSR count). The first kappa shape index (κ1) is 55.4.